The van der Waals surface area contributed by atoms with Gasteiger partial charge in [0.25, 0.3) is 0 Å². The van der Waals surface area contributed by atoms with Crippen LogP contribution in [-0.2, 0) is 0 Å². The van der Waals surface area contributed by atoms with Crippen molar-refractivity contribution in [3.63, 3.8) is 0 Å². The van der Waals surface area contributed by atoms with E-state index in [1.807, 2.05) is 25.1 Å². The van der Waals surface area contributed by atoms with Crippen molar-refractivity contribution in [2.24, 2.45) is 5.10 Å². The maximum absolute atomic E-state index is 5.61. The van der Waals surface area contributed by atoms with Gasteiger partial charge in [-0.2, -0.15) is 5.10 Å². The van der Waals surface area contributed by atoms with Crippen molar-refractivity contribution < 1.29 is 0 Å². The van der Waals surface area contributed by atoms with Crippen LogP contribution in [0.25, 0.3) is 0 Å². The Balaban J connectivity index is 2.00. The van der Waals surface area contributed by atoms with Gasteiger partial charge in [-0.25, -0.2) is 0 Å². The minimum Gasteiger partial charge on any atom is -0.260 e. The van der Waals surface area contributed by atoms with E-state index in [0.29, 0.717) is 11.0 Å². The fraction of sp³-hybridized carbons (Fsp3) is 0.0909. The number of aromatic nitrogens is 3. The molecule has 0 aromatic carbocycles. The lowest BCUT2D eigenvalue weighted by atomic mass is 10.3. The third-order valence-electron chi connectivity index (χ3n) is 1.92. The Morgan fingerprint density at radius 1 is 1.24 bits per heavy atom. The van der Waals surface area contributed by atoms with E-state index in [0.717, 1.165) is 11.4 Å². The van der Waals surface area contributed by atoms with Crippen molar-refractivity contribution in [1.29, 1.82) is 0 Å². The SMILES string of the molecule is Cc1cccc(/C=N/Nc2ccc(Cl)nn2)n1. The average Bonchev–Trinajstić information content (AvgIpc) is 2.32. The van der Waals surface area contributed by atoms with E-state index < -0.39 is 0 Å². The van der Waals surface area contributed by atoms with Gasteiger partial charge in [0.2, 0.25) is 0 Å². The first-order chi connectivity index (χ1) is 8.24. The molecule has 0 saturated heterocycles. The van der Waals surface area contributed by atoms with Gasteiger partial charge in [0.1, 0.15) is 0 Å². The topological polar surface area (TPSA) is 63.1 Å². The van der Waals surface area contributed by atoms with Crippen LogP contribution in [0, 0.1) is 6.92 Å². The molecule has 86 valence electrons. The van der Waals surface area contributed by atoms with Crippen LogP contribution in [0.1, 0.15) is 11.4 Å². The number of anilines is 1. The maximum atomic E-state index is 5.61. The summed E-state index contributed by atoms with van der Waals surface area (Å²) < 4.78 is 0. The summed E-state index contributed by atoms with van der Waals surface area (Å²) in [7, 11) is 0. The molecule has 0 amide bonds. The summed E-state index contributed by atoms with van der Waals surface area (Å²) in [6.45, 7) is 1.93. The lowest BCUT2D eigenvalue weighted by molar-refractivity contribution is 1.02. The van der Waals surface area contributed by atoms with E-state index in [1.54, 1.807) is 18.3 Å². The molecule has 5 nitrogen and oxygen atoms in total. The second kappa shape index (κ2) is 5.36. The van der Waals surface area contributed by atoms with E-state index >= 15 is 0 Å². The lowest BCUT2D eigenvalue weighted by Gasteiger charge is -1.97. The van der Waals surface area contributed by atoms with Gasteiger partial charge >= 0.3 is 0 Å². The predicted molar refractivity (Wildman–Crippen MR) is 67.2 cm³/mol. The molecule has 0 aliphatic carbocycles. The molecule has 6 heteroatoms. The van der Waals surface area contributed by atoms with Crippen LogP contribution in [0.3, 0.4) is 0 Å². The van der Waals surface area contributed by atoms with Crippen LogP contribution in [0.15, 0.2) is 35.4 Å². The van der Waals surface area contributed by atoms with Crippen LogP contribution >= 0.6 is 11.6 Å². The Bertz CT molecular complexity index is 524. The summed E-state index contributed by atoms with van der Waals surface area (Å²) in [5, 5.41) is 11.8. The summed E-state index contributed by atoms with van der Waals surface area (Å²) >= 11 is 5.61. The molecule has 0 aliphatic rings. The highest BCUT2D eigenvalue weighted by atomic mass is 35.5. The minimum absolute atomic E-state index is 0.347. The van der Waals surface area contributed by atoms with Gasteiger partial charge in [-0.15, -0.1) is 10.2 Å². The molecule has 0 atom stereocenters. The first-order valence-corrected chi connectivity index (χ1v) is 5.34. The Morgan fingerprint density at radius 2 is 2.12 bits per heavy atom. The minimum atomic E-state index is 0.347. The molecule has 0 saturated carbocycles. The highest BCUT2D eigenvalue weighted by Gasteiger charge is 1.93. The number of hydrogen-bond acceptors (Lipinski definition) is 5. The van der Waals surface area contributed by atoms with Crippen LogP contribution in [0.5, 0.6) is 0 Å². The van der Waals surface area contributed by atoms with Crippen LogP contribution < -0.4 is 5.43 Å². The van der Waals surface area contributed by atoms with Crippen LogP contribution in [0.2, 0.25) is 5.15 Å². The second-order valence-corrected chi connectivity index (χ2v) is 3.70. The molecule has 0 unspecified atom stereocenters. The third kappa shape index (κ3) is 3.49. The normalized spacial score (nSPS) is 10.7. The van der Waals surface area contributed by atoms with Crippen molar-refractivity contribution in [3.05, 3.63) is 46.9 Å². The van der Waals surface area contributed by atoms with Gasteiger partial charge in [-0.05, 0) is 31.2 Å². The number of pyridine rings is 1. The number of rotatable bonds is 3. The summed E-state index contributed by atoms with van der Waals surface area (Å²) in [5.41, 5.74) is 4.46. The summed E-state index contributed by atoms with van der Waals surface area (Å²) in [6, 6.07) is 9.04. The molecule has 1 N–H and O–H groups in total. The van der Waals surface area contributed by atoms with Crippen molar-refractivity contribution >= 4 is 23.6 Å². The molecular weight excluding hydrogens is 238 g/mol. The Morgan fingerprint density at radius 3 is 2.82 bits per heavy atom. The summed E-state index contributed by atoms with van der Waals surface area (Å²) in [4.78, 5) is 4.27. The fourth-order valence-electron chi connectivity index (χ4n) is 1.18. The van der Waals surface area contributed by atoms with Gasteiger partial charge in [0, 0.05) is 5.69 Å². The van der Waals surface area contributed by atoms with Gasteiger partial charge in [0.05, 0.1) is 11.9 Å². The van der Waals surface area contributed by atoms with Crippen LogP contribution in [-0.4, -0.2) is 21.4 Å². The van der Waals surface area contributed by atoms with Gasteiger partial charge in [-0.3, -0.25) is 10.4 Å². The highest BCUT2D eigenvalue weighted by Crippen LogP contribution is 2.05. The summed E-state index contributed by atoms with van der Waals surface area (Å²) in [6.07, 6.45) is 1.61. The van der Waals surface area contributed by atoms with Gasteiger partial charge < -0.3 is 0 Å². The average molecular weight is 248 g/mol. The maximum Gasteiger partial charge on any atom is 0.168 e. The van der Waals surface area contributed by atoms with Crippen LogP contribution in [0.4, 0.5) is 5.82 Å². The molecule has 17 heavy (non-hydrogen) atoms. The predicted octanol–water partition coefficient (Wildman–Crippen LogP) is 2.28. The molecule has 0 radical (unpaired) electrons. The molecule has 2 aromatic rings. The zero-order valence-electron chi connectivity index (χ0n) is 9.13. The standard InChI is InChI=1S/C11H10ClN5/c1-8-3-2-4-9(14-8)7-13-16-11-6-5-10(12)15-17-11/h2-7H,1H3,(H,16,17)/b13-7+. The first-order valence-electron chi connectivity index (χ1n) is 4.96. The van der Waals surface area contributed by atoms with E-state index in [-0.39, 0.29) is 0 Å². The molecule has 0 spiro atoms. The largest absolute Gasteiger partial charge is 0.260 e. The number of aryl methyl sites for hydroxylation is 1. The summed E-state index contributed by atoms with van der Waals surface area (Å²) in [5.74, 6) is 0.526. The zero-order valence-corrected chi connectivity index (χ0v) is 9.89. The molecule has 2 aromatic heterocycles. The number of nitrogens with zero attached hydrogens (tertiary/aromatic N) is 4. The quantitative estimate of drug-likeness (QED) is 0.668. The van der Waals surface area contributed by atoms with E-state index in [2.05, 4.69) is 25.7 Å². The Hall–Kier alpha value is -2.01. The zero-order chi connectivity index (χ0) is 12.1. The van der Waals surface area contributed by atoms with Crippen molar-refractivity contribution in [3.8, 4) is 0 Å². The third-order valence-corrected chi connectivity index (χ3v) is 2.12. The second-order valence-electron chi connectivity index (χ2n) is 3.32. The number of hydrazone groups is 1. The fourth-order valence-corrected chi connectivity index (χ4v) is 1.28. The molecule has 0 bridgehead atoms. The molecule has 0 aliphatic heterocycles. The number of nitrogens with one attached hydrogen (secondary N) is 1. The number of halogens is 1. The molecule has 0 fully saturated rings. The first kappa shape index (κ1) is 11.5. The number of hydrogen-bond donors (Lipinski definition) is 1. The van der Waals surface area contributed by atoms with Crippen molar-refractivity contribution in [2.75, 3.05) is 5.43 Å². The Labute approximate surface area is 104 Å². The van der Waals surface area contributed by atoms with Gasteiger partial charge in [-0.1, -0.05) is 17.7 Å². The highest BCUT2D eigenvalue weighted by molar-refractivity contribution is 6.29. The van der Waals surface area contributed by atoms with E-state index in [4.69, 9.17) is 11.6 Å². The molecule has 2 heterocycles. The lowest BCUT2D eigenvalue weighted by Crippen LogP contribution is -1.96. The smallest absolute Gasteiger partial charge is 0.168 e. The monoisotopic (exact) mass is 247 g/mol. The van der Waals surface area contributed by atoms with Gasteiger partial charge in [0.15, 0.2) is 11.0 Å². The van der Waals surface area contributed by atoms with E-state index in [1.165, 1.54) is 0 Å². The molecular formula is C11H10ClN5. The van der Waals surface area contributed by atoms with E-state index in [9.17, 15) is 0 Å². The van der Waals surface area contributed by atoms with Crippen molar-refractivity contribution in [2.45, 2.75) is 6.92 Å². The van der Waals surface area contributed by atoms with Crippen molar-refractivity contribution in [1.82, 2.24) is 15.2 Å². The molecule has 2 rings (SSSR count). The Kier molecular flexibility index (Phi) is 3.62.